The summed E-state index contributed by atoms with van der Waals surface area (Å²) in [4.78, 5) is 12.3. The first kappa shape index (κ1) is 11.7. The van der Waals surface area contributed by atoms with Crippen molar-refractivity contribution in [1.82, 2.24) is 0 Å². The second-order valence-electron chi connectivity index (χ2n) is 5.35. The van der Waals surface area contributed by atoms with Gasteiger partial charge in [-0.1, -0.05) is 12.1 Å². The van der Waals surface area contributed by atoms with Crippen molar-refractivity contribution in [2.45, 2.75) is 38.5 Å². The summed E-state index contributed by atoms with van der Waals surface area (Å²) in [6, 6.07) is 6.48. The van der Waals surface area contributed by atoms with E-state index in [1.165, 1.54) is 26.1 Å². The van der Waals surface area contributed by atoms with Crippen LogP contribution in [0.4, 0.5) is 0 Å². The third-order valence-corrected chi connectivity index (χ3v) is 5.30. The number of hydrogen-bond donors (Lipinski definition) is 1. The molecule has 1 aliphatic carbocycles. The molecular formula is C15H16O2S. The first-order valence-corrected chi connectivity index (χ1v) is 7.05. The predicted octanol–water partition coefficient (Wildman–Crippen LogP) is 4.02. The van der Waals surface area contributed by atoms with Gasteiger partial charge < -0.3 is 5.11 Å². The SMILES string of the molecule is Cc1sc2cc(C3(CC(=O)O)CC3)ccc2c1C. The zero-order chi connectivity index (χ0) is 12.9. The number of carboxylic acids is 1. The Hall–Kier alpha value is -1.35. The van der Waals surface area contributed by atoms with Crippen LogP contribution in [0.5, 0.6) is 0 Å². The summed E-state index contributed by atoms with van der Waals surface area (Å²) in [5.74, 6) is -0.689. The number of carboxylic acid groups (broad SMARTS) is 1. The zero-order valence-corrected chi connectivity index (χ0v) is 11.4. The van der Waals surface area contributed by atoms with E-state index in [0.29, 0.717) is 0 Å². The van der Waals surface area contributed by atoms with Gasteiger partial charge in [0.2, 0.25) is 0 Å². The second-order valence-corrected chi connectivity index (χ2v) is 6.60. The van der Waals surface area contributed by atoms with E-state index < -0.39 is 5.97 Å². The lowest BCUT2D eigenvalue weighted by Gasteiger charge is -2.13. The number of hydrogen-bond acceptors (Lipinski definition) is 2. The average Bonchev–Trinajstić information content (AvgIpc) is 3.02. The molecule has 1 heterocycles. The van der Waals surface area contributed by atoms with Crippen molar-refractivity contribution in [1.29, 1.82) is 0 Å². The molecule has 0 radical (unpaired) electrons. The lowest BCUT2D eigenvalue weighted by molar-refractivity contribution is -0.137. The fourth-order valence-electron chi connectivity index (χ4n) is 2.69. The van der Waals surface area contributed by atoms with E-state index in [-0.39, 0.29) is 11.8 Å². The molecule has 0 aliphatic heterocycles. The molecule has 1 saturated carbocycles. The molecule has 18 heavy (non-hydrogen) atoms. The van der Waals surface area contributed by atoms with Crippen molar-refractivity contribution in [2.75, 3.05) is 0 Å². The minimum atomic E-state index is -0.689. The largest absolute Gasteiger partial charge is 0.481 e. The van der Waals surface area contributed by atoms with Gasteiger partial charge in [0.25, 0.3) is 0 Å². The van der Waals surface area contributed by atoms with Gasteiger partial charge in [0.1, 0.15) is 0 Å². The standard InChI is InChI=1S/C15H16O2S/c1-9-10(2)18-13-7-11(3-4-12(9)13)15(5-6-15)8-14(16)17/h3-4,7H,5-6,8H2,1-2H3,(H,16,17). The maximum Gasteiger partial charge on any atom is 0.304 e. The number of benzene rings is 1. The molecule has 0 bridgehead atoms. The van der Waals surface area contributed by atoms with Crippen molar-refractivity contribution in [2.24, 2.45) is 0 Å². The lowest BCUT2D eigenvalue weighted by atomic mass is 9.92. The summed E-state index contributed by atoms with van der Waals surface area (Å²) >= 11 is 1.81. The van der Waals surface area contributed by atoms with Crippen LogP contribution in [0, 0.1) is 13.8 Å². The van der Waals surface area contributed by atoms with E-state index in [4.69, 9.17) is 5.11 Å². The van der Waals surface area contributed by atoms with Gasteiger partial charge in [-0.15, -0.1) is 11.3 Å². The van der Waals surface area contributed by atoms with Crippen molar-refractivity contribution >= 4 is 27.4 Å². The monoisotopic (exact) mass is 260 g/mol. The Balaban J connectivity index is 2.06. The first-order chi connectivity index (χ1) is 8.52. The van der Waals surface area contributed by atoms with Gasteiger partial charge >= 0.3 is 5.97 Å². The molecule has 1 fully saturated rings. The van der Waals surface area contributed by atoms with E-state index >= 15 is 0 Å². The van der Waals surface area contributed by atoms with Crippen molar-refractivity contribution < 1.29 is 9.90 Å². The number of aliphatic carboxylic acids is 1. The highest BCUT2D eigenvalue weighted by Crippen LogP contribution is 2.52. The molecule has 0 spiro atoms. The number of rotatable bonds is 3. The van der Waals surface area contributed by atoms with E-state index in [1.54, 1.807) is 0 Å². The topological polar surface area (TPSA) is 37.3 Å². The Kier molecular flexibility index (Phi) is 2.49. The molecule has 1 N–H and O–H groups in total. The maximum absolute atomic E-state index is 11.0. The second kappa shape index (κ2) is 3.82. The summed E-state index contributed by atoms with van der Waals surface area (Å²) in [6.45, 7) is 4.29. The fourth-order valence-corrected chi connectivity index (χ4v) is 3.80. The highest BCUT2D eigenvalue weighted by Gasteiger charge is 2.46. The van der Waals surface area contributed by atoms with Gasteiger partial charge in [0, 0.05) is 15.0 Å². The van der Waals surface area contributed by atoms with Crippen molar-refractivity contribution in [3.05, 3.63) is 34.2 Å². The lowest BCUT2D eigenvalue weighted by Crippen LogP contribution is -2.12. The molecule has 0 amide bonds. The number of carbonyl (C=O) groups is 1. The Labute approximate surface area is 110 Å². The highest BCUT2D eigenvalue weighted by atomic mass is 32.1. The number of thiophene rings is 1. The van der Waals surface area contributed by atoms with Crippen LogP contribution in [0.1, 0.15) is 35.3 Å². The van der Waals surface area contributed by atoms with Gasteiger partial charge in [-0.25, -0.2) is 0 Å². The minimum Gasteiger partial charge on any atom is -0.481 e. The van der Waals surface area contributed by atoms with E-state index in [1.807, 2.05) is 11.3 Å². The summed E-state index contributed by atoms with van der Waals surface area (Å²) in [5.41, 5.74) is 2.48. The smallest absolute Gasteiger partial charge is 0.304 e. The molecule has 2 nitrogen and oxygen atoms in total. The Morgan fingerprint density at radius 3 is 2.72 bits per heavy atom. The molecule has 3 rings (SSSR count). The molecule has 0 unspecified atom stereocenters. The summed E-state index contributed by atoms with van der Waals surface area (Å²) in [5, 5.41) is 10.3. The molecule has 1 aromatic heterocycles. The normalized spacial score (nSPS) is 17.0. The van der Waals surface area contributed by atoms with Gasteiger partial charge in [0.15, 0.2) is 0 Å². The average molecular weight is 260 g/mol. The minimum absolute atomic E-state index is 0.0776. The van der Waals surface area contributed by atoms with Gasteiger partial charge in [-0.05, 0) is 49.3 Å². The molecular weight excluding hydrogens is 244 g/mol. The molecule has 1 aromatic carbocycles. The van der Waals surface area contributed by atoms with Gasteiger partial charge in [-0.3, -0.25) is 4.79 Å². The predicted molar refractivity (Wildman–Crippen MR) is 74.5 cm³/mol. The zero-order valence-electron chi connectivity index (χ0n) is 10.6. The van der Waals surface area contributed by atoms with Gasteiger partial charge in [0.05, 0.1) is 6.42 Å². The van der Waals surface area contributed by atoms with Crippen LogP contribution in [-0.2, 0) is 10.2 Å². The Morgan fingerprint density at radius 2 is 2.11 bits per heavy atom. The number of aryl methyl sites for hydroxylation is 2. The first-order valence-electron chi connectivity index (χ1n) is 6.24. The third kappa shape index (κ3) is 1.74. The third-order valence-electron chi connectivity index (χ3n) is 4.13. The van der Waals surface area contributed by atoms with Gasteiger partial charge in [-0.2, -0.15) is 0 Å². The van der Waals surface area contributed by atoms with Crippen LogP contribution in [0.2, 0.25) is 0 Å². The number of fused-ring (bicyclic) bond motifs is 1. The highest BCUT2D eigenvalue weighted by molar-refractivity contribution is 7.19. The Bertz CT molecular complexity index is 635. The van der Waals surface area contributed by atoms with Crippen LogP contribution >= 0.6 is 11.3 Å². The van der Waals surface area contributed by atoms with Crippen LogP contribution in [0.15, 0.2) is 18.2 Å². The molecule has 94 valence electrons. The van der Waals surface area contributed by atoms with Crippen molar-refractivity contribution in [3.8, 4) is 0 Å². The van der Waals surface area contributed by atoms with Crippen LogP contribution in [-0.4, -0.2) is 11.1 Å². The Morgan fingerprint density at radius 1 is 1.39 bits per heavy atom. The van der Waals surface area contributed by atoms with E-state index in [0.717, 1.165) is 12.8 Å². The van der Waals surface area contributed by atoms with Crippen LogP contribution in [0.3, 0.4) is 0 Å². The molecule has 1 aliphatic rings. The quantitative estimate of drug-likeness (QED) is 0.904. The fraction of sp³-hybridized carbons (Fsp3) is 0.400. The molecule has 0 atom stereocenters. The summed E-state index contributed by atoms with van der Waals surface area (Å²) in [7, 11) is 0. The van der Waals surface area contributed by atoms with E-state index in [2.05, 4.69) is 32.0 Å². The van der Waals surface area contributed by atoms with Crippen molar-refractivity contribution in [3.63, 3.8) is 0 Å². The van der Waals surface area contributed by atoms with Crippen LogP contribution < -0.4 is 0 Å². The summed E-state index contributed by atoms with van der Waals surface area (Å²) in [6.07, 6.45) is 2.28. The molecule has 2 aromatic rings. The molecule has 3 heteroatoms. The van der Waals surface area contributed by atoms with E-state index in [9.17, 15) is 4.79 Å². The van der Waals surface area contributed by atoms with Crippen LogP contribution in [0.25, 0.3) is 10.1 Å². The summed E-state index contributed by atoms with van der Waals surface area (Å²) < 4.78 is 1.29. The molecule has 0 saturated heterocycles. The maximum atomic E-state index is 11.0.